The van der Waals surface area contributed by atoms with Crippen LogP contribution >= 0.6 is 15.9 Å². The molecule has 0 unspecified atom stereocenters. The molecule has 0 atom stereocenters. The van der Waals surface area contributed by atoms with Gasteiger partial charge in [0.1, 0.15) is 17.2 Å². The van der Waals surface area contributed by atoms with Crippen LogP contribution in [0.3, 0.4) is 0 Å². The standard InChI is InChI=1S/C23H18BrNO3/c1-26-18-14-13-17(24)22(27-2)19(18)20-21(15-9-5-3-6-10-15)28-23(25-20)16-11-7-4-8-12-16/h3-14H,1-2H3. The third-order valence-corrected chi connectivity index (χ3v) is 5.04. The van der Waals surface area contributed by atoms with Crippen LogP contribution in [0, 0.1) is 0 Å². The van der Waals surface area contributed by atoms with Gasteiger partial charge in [0.05, 0.1) is 24.3 Å². The van der Waals surface area contributed by atoms with Crippen molar-refractivity contribution in [2.75, 3.05) is 14.2 Å². The maximum absolute atomic E-state index is 6.24. The Hall–Kier alpha value is -3.05. The number of ether oxygens (including phenoxy) is 2. The predicted molar refractivity (Wildman–Crippen MR) is 114 cm³/mol. The predicted octanol–water partition coefficient (Wildman–Crippen LogP) is 6.46. The summed E-state index contributed by atoms with van der Waals surface area (Å²) >= 11 is 3.56. The first-order valence-electron chi connectivity index (χ1n) is 8.75. The molecule has 1 heterocycles. The average Bonchev–Trinajstić information content (AvgIpc) is 3.20. The lowest BCUT2D eigenvalue weighted by atomic mass is 10.0. The Morgan fingerprint density at radius 2 is 1.43 bits per heavy atom. The summed E-state index contributed by atoms with van der Waals surface area (Å²) in [7, 11) is 3.26. The summed E-state index contributed by atoms with van der Waals surface area (Å²) < 4.78 is 18.3. The second-order valence-corrected chi connectivity index (χ2v) is 6.94. The van der Waals surface area contributed by atoms with Gasteiger partial charge in [-0.1, -0.05) is 48.5 Å². The molecule has 0 saturated heterocycles. The van der Waals surface area contributed by atoms with E-state index in [1.54, 1.807) is 14.2 Å². The van der Waals surface area contributed by atoms with Crippen molar-refractivity contribution in [3.63, 3.8) is 0 Å². The van der Waals surface area contributed by atoms with Crippen molar-refractivity contribution in [1.29, 1.82) is 0 Å². The summed E-state index contributed by atoms with van der Waals surface area (Å²) in [5.41, 5.74) is 3.24. The fourth-order valence-corrected chi connectivity index (χ4v) is 3.60. The van der Waals surface area contributed by atoms with Gasteiger partial charge in [0.15, 0.2) is 5.76 Å². The lowest BCUT2D eigenvalue weighted by Crippen LogP contribution is -1.95. The van der Waals surface area contributed by atoms with Gasteiger partial charge < -0.3 is 13.9 Å². The number of hydrogen-bond acceptors (Lipinski definition) is 4. The normalized spacial score (nSPS) is 10.7. The van der Waals surface area contributed by atoms with E-state index in [2.05, 4.69) is 15.9 Å². The molecule has 3 aromatic carbocycles. The number of nitrogens with zero attached hydrogens (tertiary/aromatic N) is 1. The Kier molecular flexibility index (Phi) is 5.17. The van der Waals surface area contributed by atoms with Gasteiger partial charge in [-0.2, -0.15) is 0 Å². The molecule has 4 nitrogen and oxygen atoms in total. The molecule has 0 amide bonds. The smallest absolute Gasteiger partial charge is 0.227 e. The molecule has 28 heavy (non-hydrogen) atoms. The lowest BCUT2D eigenvalue weighted by Gasteiger charge is -2.13. The fourth-order valence-electron chi connectivity index (χ4n) is 3.11. The Morgan fingerprint density at radius 3 is 2.04 bits per heavy atom. The molecular weight excluding hydrogens is 418 g/mol. The molecule has 5 heteroatoms. The molecule has 0 aliphatic rings. The van der Waals surface area contributed by atoms with Gasteiger partial charge in [-0.05, 0) is 40.2 Å². The monoisotopic (exact) mass is 435 g/mol. The molecule has 0 fully saturated rings. The van der Waals surface area contributed by atoms with Crippen LogP contribution in [-0.2, 0) is 0 Å². The minimum absolute atomic E-state index is 0.540. The second-order valence-electron chi connectivity index (χ2n) is 6.09. The van der Waals surface area contributed by atoms with E-state index in [0.717, 1.165) is 21.2 Å². The van der Waals surface area contributed by atoms with E-state index in [1.165, 1.54) is 0 Å². The lowest BCUT2D eigenvalue weighted by molar-refractivity contribution is 0.395. The number of oxazole rings is 1. The largest absolute Gasteiger partial charge is 0.496 e. The summed E-state index contributed by atoms with van der Waals surface area (Å²) in [6, 6.07) is 23.5. The van der Waals surface area contributed by atoms with Crippen molar-refractivity contribution >= 4 is 15.9 Å². The van der Waals surface area contributed by atoms with E-state index in [4.69, 9.17) is 18.9 Å². The maximum Gasteiger partial charge on any atom is 0.227 e. The van der Waals surface area contributed by atoms with Crippen molar-refractivity contribution in [1.82, 2.24) is 4.98 Å². The van der Waals surface area contributed by atoms with Crippen LogP contribution in [0.5, 0.6) is 11.5 Å². The summed E-state index contributed by atoms with van der Waals surface area (Å²) in [5.74, 6) is 2.50. The molecular formula is C23H18BrNO3. The molecule has 0 aliphatic carbocycles. The molecule has 1 aromatic heterocycles. The zero-order valence-electron chi connectivity index (χ0n) is 15.5. The minimum atomic E-state index is 0.540. The molecule has 0 saturated carbocycles. The Bertz CT molecular complexity index is 1090. The van der Waals surface area contributed by atoms with Crippen LogP contribution in [-0.4, -0.2) is 19.2 Å². The molecule has 140 valence electrons. The van der Waals surface area contributed by atoms with Crippen molar-refractivity contribution < 1.29 is 13.9 Å². The first-order chi connectivity index (χ1) is 13.7. The summed E-state index contributed by atoms with van der Waals surface area (Å²) in [6.07, 6.45) is 0. The summed E-state index contributed by atoms with van der Waals surface area (Å²) in [5, 5.41) is 0. The van der Waals surface area contributed by atoms with E-state index in [-0.39, 0.29) is 0 Å². The number of benzene rings is 3. The quantitative estimate of drug-likeness (QED) is 0.360. The van der Waals surface area contributed by atoms with Crippen LogP contribution in [0.25, 0.3) is 34.0 Å². The zero-order valence-corrected chi connectivity index (χ0v) is 17.1. The van der Waals surface area contributed by atoms with Gasteiger partial charge in [-0.15, -0.1) is 0 Å². The molecule has 0 bridgehead atoms. The zero-order chi connectivity index (χ0) is 19.5. The van der Waals surface area contributed by atoms with Crippen LogP contribution in [0.4, 0.5) is 0 Å². The van der Waals surface area contributed by atoms with E-state index in [0.29, 0.717) is 28.8 Å². The van der Waals surface area contributed by atoms with Crippen molar-refractivity contribution in [3.8, 4) is 45.5 Å². The SMILES string of the molecule is COc1ccc(Br)c(OC)c1-c1nc(-c2ccccc2)oc1-c1ccccc1. The highest BCUT2D eigenvalue weighted by Gasteiger charge is 2.25. The van der Waals surface area contributed by atoms with Gasteiger partial charge in [0, 0.05) is 11.1 Å². The van der Waals surface area contributed by atoms with Crippen LogP contribution < -0.4 is 9.47 Å². The number of halogens is 1. The highest BCUT2D eigenvalue weighted by molar-refractivity contribution is 9.10. The molecule has 0 N–H and O–H groups in total. The number of methoxy groups -OCH3 is 2. The summed E-state index contributed by atoms with van der Waals surface area (Å²) in [4.78, 5) is 4.84. The maximum atomic E-state index is 6.24. The van der Waals surface area contributed by atoms with E-state index >= 15 is 0 Å². The minimum Gasteiger partial charge on any atom is -0.496 e. The topological polar surface area (TPSA) is 44.5 Å². The number of rotatable bonds is 5. The first kappa shape index (κ1) is 18.3. The third kappa shape index (κ3) is 3.29. The molecule has 0 radical (unpaired) electrons. The third-order valence-electron chi connectivity index (χ3n) is 4.42. The van der Waals surface area contributed by atoms with Gasteiger partial charge >= 0.3 is 0 Å². The molecule has 4 aromatic rings. The Labute approximate surface area is 171 Å². The first-order valence-corrected chi connectivity index (χ1v) is 9.54. The van der Waals surface area contributed by atoms with E-state index in [9.17, 15) is 0 Å². The van der Waals surface area contributed by atoms with Crippen LogP contribution in [0.2, 0.25) is 0 Å². The van der Waals surface area contributed by atoms with Gasteiger partial charge in [-0.25, -0.2) is 4.98 Å². The van der Waals surface area contributed by atoms with E-state index in [1.807, 2.05) is 72.8 Å². The Morgan fingerprint density at radius 1 is 0.786 bits per heavy atom. The van der Waals surface area contributed by atoms with Crippen LogP contribution in [0.15, 0.2) is 81.7 Å². The number of aromatic nitrogens is 1. The molecule has 0 spiro atoms. The highest BCUT2D eigenvalue weighted by atomic mass is 79.9. The van der Waals surface area contributed by atoms with Crippen LogP contribution in [0.1, 0.15) is 0 Å². The van der Waals surface area contributed by atoms with Gasteiger partial charge in [0.2, 0.25) is 5.89 Å². The molecule has 0 aliphatic heterocycles. The van der Waals surface area contributed by atoms with Crippen molar-refractivity contribution in [2.24, 2.45) is 0 Å². The summed E-state index contributed by atoms with van der Waals surface area (Å²) in [6.45, 7) is 0. The highest BCUT2D eigenvalue weighted by Crippen LogP contribution is 2.47. The average molecular weight is 436 g/mol. The van der Waals surface area contributed by atoms with Crippen molar-refractivity contribution in [3.05, 3.63) is 77.3 Å². The second kappa shape index (κ2) is 7.90. The Balaban J connectivity index is 2.02. The number of hydrogen-bond donors (Lipinski definition) is 0. The van der Waals surface area contributed by atoms with Crippen molar-refractivity contribution in [2.45, 2.75) is 0 Å². The van der Waals surface area contributed by atoms with Gasteiger partial charge in [-0.3, -0.25) is 0 Å². The fraction of sp³-hybridized carbons (Fsp3) is 0.0870. The van der Waals surface area contributed by atoms with Gasteiger partial charge in [0.25, 0.3) is 0 Å². The molecule has 4 rings (SSSR count). The van der Waals surface area contributed by atoms with E-state index < -0.39 is 0 Å².